The summed E-state index contributed by atoms with van der Waals surface area (Å²) in [5.74, 6) is 2.41. The second-order valence-corrected chi connectivity index (χ2v) is 6.28. The lowest BCUT2D eigenvalue weighted by Crippen LogP contribution is -2.51. The van der Waals surface area contributed by atoms with Gasteiger partial charge in [-0.2, -0.15) is 0 Å². The normalized spacial score (nSPS) is 22.8. The van der Waals surface area contributed by atoms with Crippen molar-refractivity contribution in [1.82, 2.24) is 14.9 Å². The van der Waals surface area contributed by atoms with Gasteiger partial charge in [0.05, 0.1) is 0 Å². The highest BCUT2D eigenvalue weighted by Gasteiger charge is 2.33. The quantitative estimate of drug-likeness (QED) is 0.854. The summed E-state index contributed by atoms with van der Waals surface area (Å²) in [5, 5.41) is 0. The zero-order valence-electron chi connectivity index (χ0n) is 13.0. The smallest absolute Gasteiger partial charge is 0.225 e. The molecule has 1 saturated heterocycles. The van der Waals surface area contributed by atoms with Gasteiger partial charge in [-0.3, -0.25) is 4.79 Å². The van der Waals surface area contributed by atoms with E-state index in [2.05, 4.69) is 14.9 Å². The Morgan fingerprint density at radius 2 is 2.14 bits per heavy atom. The van der Waals surface area contributed by atoms with E-state index in [-0.39, 0.29) is 5.92 Å². The van der Waals surface area contributed by atoms with Crippen LogP contribution in [0.1, 0.15) is 37.9 Å². The first-order valence-electron chi connectivity index (χ1n) is 7.96. The molecule has 2 aliphatic rings. The summed E-state index contributed by atoms with van der Waals surface area (Å²) in [6.07, 6.45) is 7.37. The molecule has 3 rings (SSSR count). The summed E-state index contributed by atoms with van der Waals surface area (Å²) in [4.78, 5) is 25.3. The maximum atomic E-state index is 12.4. The summed E-state index contributed by atoms with van der Waals surface area (Å²) in [6, 6.07) is 2.27. The van der Waals surface area contributed by atoms with Gasteiger partial charge in [-0.15, -0.1) is 0 Å². The Morgan fingerprint density at radius 1 is 1.33 bits per heavy atom. The monoisotopic (exact) mass is 288 g/mol. The van der Waals surface area contributed by atoms with Gasteiger partial charge in [-0.05, 0) is 38.7 Å². The second kappa shape index (κ2) is 6.00. The molecule has 1 saturated carbocycles. The molecule has 0 N–H and O–H groups in total. The number of aromatic nitrogens is 2. The maximum Gasteiger partial charge on any atom is 0.225 e. The van der Waals surface area contributed by atoms with Crippen LogP contribution >= 0.6 is 0 Å². The number of amides is 1. The molecule has 0 aromatic carbocycles. The first-order valence-corrected chi connectivity index (χ1v) is 7.96. The summed E-state index contributed by atoms with van der Waals surface area (Å²) < 4.78 is 0. The molecule has 0 bridgehead atoms. The molecule has 1 aromatic rings. The van der Waals surface area contributed by atoms with Crippen molar-refractivity contribution >= 4 is 11.7 Å². The van der Waals surface area contributed by atoms with Crippen molar-refractivity contribution in [2.45, 2.75) is 45.1 Å². The van der Waals surface area contributed by atoms with Crippen molar-refractivity contribution in [2.75, 3.05) is 25.0 Å². The van der Waals surface area contributed by atoms with Gasteiger partial charge in [0.15, 0.2) is 0 Å². The highest BCUT2D eigenvalue weighted by Crippen LogP contribution is 2.29. The largest absolute Gasteiger partial charge is 0.354 e. The number of anilines is 1. The van der Waals surface area contributed by atoms with Crippen LogP contribution in [0.3, 0.4) is 0 Å². The molecule has 2 heterocycles. The molecule has 0 spiro atoms. The van der Waals surface area contributed by atoms with Crippen LogP contribution in [0.2, 0.25) is 0 Å². The van der Waals surface area contributed by atoms with Crippen LogP contribution in [0.25, 0.3) is 0 Å². The van der Waals surface area contributed by atoms with Crippen LogP contribution in [0, 0.1) is 12.8 Å². The van der Waals surface area contributed by atoms with E-state index in [0.29, 0.717) is 11.9 Å². The molecule has 5 nitrogen and oxygen atoms in total. The molecular weight excluding hydrogens is 264 g/mol. The van der Waals surface area contributed by atoms with E-state index >= 15 is 0 Å². The average Bonchev–Trinajstić information content (AvgIpc) is 2.45. The fraction of sp³-hybridized carbons (Fsp3) is 0.688. The zero-order valence-corrected chi connectivity index (χ0v) is 13.0. The van der Waals surface area contributed by atoms with Crippen molar-refractivity contribution < 1.29 is 4.79 Å². The minimum atomic E-state index is 0.284. The second-order valence-electron chi connectivity index (χ2n) is 6.28. The molecule has 1 aromatic heterocycles. The number of hydrogen-bond donors (Lipinski definition) is 0. The number of piperidine rings is 1. The zero-order chi connectivity index (χ0) is 14.8. The van der Waals surface area contributed by atoms with Crippen LogP contribution in [0.5, 0.6) is 0 Å². The van der Waals surface area contributed by atoms with E-state index in [4.69, 9.17) is 0 Å². The van der Waals surface area contributed by atoms with Gasteiger partial charge < -0.3 is 9.80 Å². The standard InChI is InChI=1S/C16H24N4O/c1-12-17-9-8-15(18-12)20-10-4-7-14(11-20)19(2)16(21)13-5-3-6-13/h8-9,13-14H,3-7,10-11H2,1-2H3. The number of carbonyl (C=O) groups excluding carboxylic acids is 1. The van der Waals surface area contributed by atoms with Gasteiger partial charge in [-0.25, -0.2) is 9.97 Å². The van der Waals surface area contributed by atoms with Gasteiger partial charge in [0, 0.05) is 38.3 Å². The molecule has 0 radical (unpaired) electrons. The fourth-order valence-electron chi connectivity index (χ4n) is 3.22. The highest BCUT2D eigenvalue weighted by atomic mass is 16.2. The Hall–Kier alpha value is -1.65. The molecule has 1 aliphatic heterocycles. The van der Waals surface area contributed by atoms with E-state index in [0.717, 1.165) is 50.4 Å². The van der Waals surface area contributed by atoms with Crippen molar-refractivity contribution in [2.24, 2.45) is 5.92 Å². The maximum absolute atomic E-state index is 12.4. The van der Waals surface area contributed by atoms with Crippen molar-refractivity contribution in [1.29, 1.82) is 0 Å². The highest BCUT2D eigenvalue weighted by molar-refractivity contribution is 5.79. The lowest BCUT2D eigenvalue weighted by Gasteiger charge is -2.40. The minimum absolute atomic E-state index is 0.284. The number of likely N-dealkylation sites (N-methyl/N-ethyl adjacent to an activating group) is 1. The predicted molar refractivity (Wildman–Crippen MR) is 82.1 cm³/mol. The van der Waals surface area contributed by atoms with Crippen LogP contribution in [0.15, 0.2) is 12.3 Å². The molecule has 114 valence electrons. The first kappa shape index (κ1) is 14.3. The number of carbonyl (C=O) groups is 1. The summed E-state index contributed by atoms with van der Waals surface area (Å²) in [5.41, 5.74) is 0. The van der Waals surface area contributed by atoms with E-state index in [1.807, 2.05) is 31.1 Å². The fourth-order valence-corrected chi connectivity index (χ4v) is 3.22. The molecule has 2 fully saturated rings. The third-order valence-corrected chi connectivity index (χ3v) is 4.83. The van der Waals surface area contributed by atoms with E-state index in [9.17, 15) is 4.79 Å². The Bertz CT molecular complexity index is 515. The molecule has 1 aliphatic carbocycles. The number of nitrogens with zero attached hydrogens (tertiary/aromatic N) is 4. The van der Waals surface area contributed by atoms with Gasteiger partial charge in [0.2, 0.25) is 5.91 Å². The van der Waals surface area contributed by atoms with Gasteiger partial charge >= 0.3 is 0 Å². The Labute approximate surface area is 126 Å². The van der Waals surface area contributed by atoms with Crippen LogP contribution in [-0.2, 0) is 4.79 Å². The summed E-state index contributed by atoms with van der Waals surface area (Å²) in [7, 11) is 1.97. The molecule has 1 amide bonds. The average molecular weight is 288 g/mol. The number of hydrogen-bond acceptors (Lipinski definition) is 4. The molecule has 5 heteroatoms. The molecule has 1 unspecified atom stereocenters. The molecule has 21 heavy (non-hydrogen) atoms. The lowest BCUT2D eigenvalue weighted by molar-refractivity contribution is -0.139. The summed E-state index contributed by atoms with van der Waals surface area (Å²) >= 11 is 0. The van der Waals surface area contributed by atoms with Gasteiger partial charge in [0.1, 0.15) is 11.6 Å². The van der Waals surface area contributed by atoms with Crippen molar-refractivity contribution in [3.63, 3.8) is 0 Å². The Balaban J connectivity index is 1.66. The van der Waals surface area contributed by atoms with Crippen LogP contribution in [-0.4, -0.2) is 47.0 Å². The first-order chi connectivity index (χ1) is 10.1. The van der Waals surface area contributed by atoms with Crippen LogP contribution in [0.4, 0.5) is 5.82 Å². The predicted octanol–water partition coefficient (Wildman–Crippen LogP) is 2.01. The van der Waals surface area contributed by atoms with E-state index in [1.54, 1.807) is 0 Å². The number of aryl methyl sites for hydroxylation is 1. The Kier molecular flexibility index (Phi) is 4.08. The lowest BCUT2D eigenvalue weighted by atomic mass is 9.84. The third-order valence-electron chi connectivity index (χ3n) is 4.83. The molecular formula is C16H24N4O. The topological polar surface area (TPSA) is 49.3 Å². The minimum Gasteiger partial charge on any atom is -0.354 e. The van der Waals surface area contributed by atoms with Gasteiger partial charge in [-0.1, -0.05) is 6.42 Å². The van der Waals surface area contributed by atoms with E-state index in [1.165, 1.54) is 6.42 Å². The van der Waals surface area contributed by atoms with Crippen molar-refractivity contribution in [3.05, 3.63) is 18.1 Å². The third kappa shape index (κ3) is 3.01. The van der Waals surface area contributed by atoms with E-state index < -0.39 is 0 Å². The van der Waals surface area contributed by atoms with Gasteiger partial charge in [0.25, 0.3) is 0 Å². The number of rotatable bonds is 3. The Morgan fingerprint density at radius 3 is 2.81 bits per heavy atom. The van der Waals surface area contributed by atoms with Crippen LogP contribution < -0.4 is 4.90 Å². The SMILES string of the molecule is Cc1nccc(N2CCCC(N(C)C(=O)C3CCC3)C2)n1. The van der Waals surface area contributed by atoms with Crippen molar-refractivity contribution in [3.8, 4) is 0 Å². The summed E-state index contributed by atoms with van der Waals surface area (Å²) in [6.45, 7) is 3.81. The molecule has 1 atom stereocenters.